The maximum absolute atomic E-state index is 11.4. The Morgan fingerprint density at radius 3 is 3.05 bits per heavy atom. The van der Waals surface area contributed by atoms with Crippen LogP contribution < -0.4 is 5.32 Å². The third-order valence-corrected chi connectivity index (χ3v) is 3.83. The quantitative estimate of drug-likeness (QED) is 0.850. The zero-order valence-electron chi connectivity index (χ0n) is 11.0. The van der Waals surface area contributed by atoms with E-state index in [1.807, 2.05) is 24.8 Å². The highest BCUT2D eigenvalue weighted by Gasteiger charge is 2.19. The van der Waals surface area contributed by atoms with Gasteiger partial charge < -0.3 is 10.4 Å². The molecule has 0 saturated heterocycles. The summed E-state index contributed by atoms with van der Waals surface area (Å²) in [5.41, 5.74) is 0.821. The highest BCUT2D eigenvalue weighted by Crippen LogP contribution is 2.19. The van der Waals surface area contributed by atoms with E-state index in [0.717, 1.165) is 11.5 Å². The third kappa shape index (κ3) is 3.01. The summed E-state index contributed by atoms with van der Waals surface area (Å²) in [6.45, 7) is 4.13. The number of carbonyl (C=O) groups is 1. The van der Waals surface area contributed by atoms with Crippen molar-refractivity contribution in [3.05, 3.63) is 30.1 Å². The normalized spacial score (nSPS) is 12.5. The molecule has 0 fully saturated rings. The molecule has 2 aromatic heterocycles. The molecular weight excluding hydrogens is 262 g/mol. The number of nitrogens with one attached hydrogen (secondary N) is 1. The van der Waals surface area contributed by atoms with Gasteiger partial charge in [-0.1, -0.05) is 13.0 Å². The number of fused-ring (bicyclic) bond motifs is 1. The van der Waals surface area contributed by atoms with Gasteiger partial charge in [-0.2, -0.15) is 11.8 Å². The van der Waals surface area contributed by atoms with Crippen LogP contribution in [0.3, 0.4) is 0 Å². The van der Waals surface area contributed by atoms with Crippen molar-refractivity contribution in [3.8, 4) is 0 Å². The predicted molar refractivity (Wildman–Crippen MR) is 78.2 cm³/mol. The van der Waals surface area contributed by atoms with Gasteiger partial charge in [0.25, 0.3) is 0 Å². The van der Waals surface area contributed by atoms with Gasteiger partial charge in [0.2, 0.25) is 0 Å². The highest BCUT2D eigenvalue weighted by atomic mass is 32.2. The van der Waals surface area contributed by atoms with Crippen LogP contribution >= 0.6 is 11.8 Å². The molecule has 2 aromatic rings. The first-order valence-corrected chi connectivity index (χ1v) is 7.33. The molecule has 0 saturated carbocycles. The average Bonchev–Trinajstić information content (AvgIpc) is 2.74. The lowest BCUT2D eigenvalue weighted by Gasteiger charge is -2.12. The van der Waals surface area contributed by atoms with E-state index in [0.29, 0.717) is 11.5 Å². The summed E-state index contributed by atoms with van der Waals surface area (Å²) in [6, 6.07) is 5.60. The van der Waals surface area contributed by atoms with E-state index < -0.39 is 5.97 Å². The predicted octanol–water partition coefficient (Wildman–Crippen LogP) is 2.59. The van der Waals surface area contributed by atoms with E-state index in [1.165, 1.54) is 0 Å². The van der Waals surface area contributed by atoms with Crippen LogP contribution in [0.1, 0.15) is 24.3 Å². The molecule has 102 valence electrons. The van der Waals surface area contributed by atoms with Crippen LogP contribution in [-0.4, -0.2) is 38.0 Å². The second kappa shape index (κ2) is 5.97. The second-order valence-electron chi connectivity index (χ2n) is 4.25. The van der Waals surface area contributed by atoms with Crippen molar-refractivity contribution in [2.45, 2.75) is 19.9 Å². The number of anilines is 1. The summed E-state index contributed by atoms with van der Waals surface area (Å²) in [7, 11) is 0. The van der Waals surface area contributed by atoms with E-state index in [4.69, 9.17) is 0 Å². The van der Waals surface area contributed by atoms with Crippen LogP contribution in [0.25, 0.3) is 5.65 Å². The van der Waals surface area contributed by atoms with Crippen LogP contribution in [0.4, 0.5) is 5.82 Å². The van der Waals surface area contributed by atoms with E-state index in [1.54, 1.807) is 22.7 Å². The van der Waals surface area contributed by atoms with Gasteiger partial charge in [-0.05, 0) is 24.8 Å². The minimum Gasteiger partial charge on any atom is -0.476 e. The van der Waals surface area contributed by atoms with Crippen LogP contribution in [0, 0.1) is 0 Å². The van der Waals surface area contributed by atoms with Gasteiger partial charge in [-0.25, -0.2) is 9.78 Å². The first kappa shape index (κ1) is 13.7. The van der Waals surface area contributed by atoms with Crippen molar-refractivity contribution in [2.24, 2.45) is 0 Å². The molecule has 2 N–H and O–H groups in total. The van der Waals surface area contributed by atoms with Crippen molar-refractivity contribution >= 4 is 29.2 Å². The van der Waals surface area contributed by atoms with E-state index in [2.05, 4.69) is 17.2 Å². The van der Waals surface area contributed by atoms with E-state index in [9.17, 15) is 9.90 Å². The number of hydrogen-bond acceptors (Lipinski definition) is 4. The van der Waals surface area contributed by atoms with Crippen LogP contribution in [0.2, 0.25) is 0 Å². The number of pyridine rings is 1. The third-order valence-electron chi connectivity index (χ3n) is 2.69. The van der Waals surface area contributed by atoms with Gasteiger partial charge in [0.15, 0.2) is 11.5 Å². The summed E-state index contributed by atoms with van der Waals surface area (Å²) < 4.78 is 1.59. The molecular formula is C13H17N3O2S. The molecule has 2 heterocycles. The Bertz CT molecular complexity index is 582. The minimum absolute atomic E-state index is 0.174. The molecule has 1 unspecified atom stereocenters. The zero-order valence-corrected chi connectivity index (χ0v) is 11.8. The Kier molecular flexibility index (Phi) is 4.31. The Morgan fingerprint density at radius 1 is 1.58 bits per heavy atom. The SMILES string of the molecule is CCSCC(C)Nc1nc2ccccn2c1C(=O)O. The number of nitrogens with zero attached hydrogens (tertiary/aromatic N) is 2. The van der Waals surface area contributed by atoms with Crippen LogP contribution in [0.5, 0.6) is 0 Å². The first-order chi connectivity index (χ1) is 9.13. The Morgan fingerprint density at radius 2 is 2.37 bits per heavy atom. The van der Waals surface area contributed by atoms with Crippen LogP contribution in [-0.2, 0) is 0 Å². The maximum Gasteiger partial charge on any atom is 0.356 e. The number of aromatic carboxylic acids is 1. The Balaban J connectivity index is 2.31. The number of hydrogen-bond donors (Lipinski definition) is 2. The van der Waals surface area contributed by atoms with Gasteiger partial charge in [0.05, 0.1) is 0 Å². The fourth-order valence-corrected chi connectivity index (χ4v) is 2.54. The van der Waals surface area contributed by atoms with Gasteiger partial charge in [0, 0.05) is 18.0 Å². The van der Waals surface area contributed by atoms with Gasteiger partial charge >= 0.3 is 5.97 Å². The first-order valence-electron chi connectivity index (χ1n) is 6.18. The lowest BCUT2D eigenvalue weighted by molar-refractivity contribution is 0.0690. The maximum atomic E-state index is 11.4. The zero-order chi connectivity index (χ0) is 13.8. The molecule has 0 amide bonds. The monoisotopic (exact) mass is 279 g/mol. The fourth-order valence-electron chi connectivity index (χ4n) is 1.87. The molecule has 19 heavy (non-hydrogen) atoms. The molecule has 0 aliphatic carbocycles. The standard InChI is InChI=1S/C13H17N3O2S/c1-3-19-8-9(2)14-12-11(13(17)18)16-7-5-4-6-10(16)15-12/h4-7,9,14H,3,8H2,1-2H3,(H,17,18). The molecule has 1 atom stereocenters. The van der Waals surface area contributed by atoms with Crippen molar-refractivity contribution in [1.82, 2.24) is 9.38 Å². The van der Waals surface area contributed by atoms with E-state index >= 15 is 0 Å². The van der Waals surface area contributed by atoms with Gasteiger partial charge in [-0.3, -0.25) is 4.40 Å². The molecule has 5 nitrogen and oxygen atoms in total. The topological polar surface area (TPSA) is 66.6 Å². The molecule has 2 rings (SSSR count). The number of aromatic nitrogens is 2. The molecule has 0 aliphatic heterocycles. The lowest BCUT2D eigenvalue weighted by Crippen LogP contribution is -2.20. The molecule has 6 heteroatoms. The Hall–Kier alpha value is -1.69. The van der Waals surface area contributed by atoms with Crippen molar-refractivity contribution in [2.75, 3.05) is 16.8 Å². The van der Waals surface area contributed by atoms with Crippen LogP contribution in [0.15, 0.2) is 24.4 Å². The van der Waals surface area contributed by atoms with Gasteiger partial charge in [0.1, 0.15) is 5.65 Å². The summed E-state index contributed by atoms with van der Waals surface area (Å²) >= 11 is 1.81. The van der Waals surface area contributed by atoms with Gasteiger partial charge in [-0.15, -0.1) is 0 Å². The number of carboxylic acid groups (broad SMARTS) is 1. The average molecular weight is 279 g/mol. The number of thioether (sulfide) groups is 1. The van der Waals surface area contributed by atoms with E-state index in [-0.39, 0.29) is 11.7 Å². The highest BCUT2D eigenvalue weighted by molar-refractivity contribution is 7.99. The fraction of sp³-hybridized carbons (Fsp3) is 0.385. The second-order valence-corrected chi connectivity index (χ2v) is 5.57. The van der Waals surface area contributed by atoms with Crippen molar-refractivity contribution < 1.29 is 9.90 Å². The molecule has 0 aliphatic rings. The summed E-state index contributed by atoms with van der Waals surface area (Å²) in [5, 5.41) is 12.5. The lowest BCUT2D eigenvalue weighted by atomic mass is 10.3. The van der Waals surface area contributed by atoms with Crippen molar-refractivity contribution in [1.29, 1.82) is 0 Å². The number of imidazole rings is 1. The summed E-state index contributed by atoms with van der Waals surface area (Å²) in [6.07, 6.45) is 1.71. The molecule has 0 aromatic carbocycles. The van der Waals surface area contributed by atoms with Crippen molar-refractivity contribution in [3.63, 3.8) is 0 Å². The molecule has 0 bridgehead atoms. The summed E-state index contributed by atoms with van der Waals surface area (Å²) in [5.74, 6) is 1.42. The largest absolute Gasteiger partial charge is 0.476 e. The molecule has 0 spiro atoms. The number of rotatable bonds is 6. The number of carboxylic acids is 1. The Labute approximate surface area is 116 Å². The minimum atomic E-state index is -0.975. The molecule has 0 radical (unpaired) electrons. The smallest absolute Gasteiger partial charge is 0.356 e. The summed E-state index contributed by atoms with van der Waals surface area (Å²) in [4.78, 5) is 15.7.